The van der Waals surface area contributed by atoms with E-state index in [0.717, 1.165) is 12.1 Å². The number of fused-ring (bicyclic) bond motifs is 3. The summed E-state index contributed by atoms with van der Waals surface area (Å²) in [7, 11) is 0. The number of aromatic nitrogens is 6. The Balaban J connectivity index is 1.66. The SMILES string of the molecule is FC(F)(F)C(F)(F)C(F)(F)C(F)(F)COc1nc(OCC(F)(F)C(F)(F)C(F)(F)C(F)(F)F)nc(-c2ccc3sc4ccc(-c5nc(OCC(F)(F)C(F)(F)C(F)(F)C(F)(F)F)nc(OCC(F)(F)C(F)(F)C(F)(F)C(F)(F)F)n5)cc4c3c2)n1. The summed E-state index contributed by atoms with van der Waals surface area (Å²) < 4.78 is 503. The molecular formula is C38H14F36N6O4S. The van der Waals surface area contributed by atoms with Crippen LogP contribution in [0, 0.1) is 0 Å². The Morgan fingerprint density at radius 1 is 0.271 bits per heavy atom. The molecule has 5 aromatic rings. The zero-order valence-electron chi connectivity index (χ0n) is 38.6. The van der Waals surface area contributed by atoms with Crippen molar-refractivity contribution in [2.75, 3.05) is 26.4 Å². The maximum atomic E-state index is 14.4. The number of hydrogen-bond acceptors (Lipinski definition) is 11. The molecule has 0 spiro atoms. The minimum absolute atomic E-state index is 0.154. The maximum Gasteiger partial charge on any atom is 0.460 e. The maximum absolute atomic E-state index is 14.4. The number of ether oxygens (including phenoxy) is 4. The lowest BCUT2D eigenvalue weighted by Crippen LogP contribution is -2.62. The third kappa shape index (κ3) is 12.0. The largest absolute Gasteiger partial charge is 0.460 e. The van der Waals surface area contributed by atoms with Gasteiger partial charge in [-0.25, -0.2) is 0 Å². The predicted octanol–water partition coefficient (Wildman–Crippen LogP) is 15.1. The molecule has 0 unspecified atom stereocenters. The molecular weight excluding hydrogens is 1320 g/mol. The van der Waals surface area contributed by atoms with Gasteiger partial charge >= 0.3 is 120 Å². The molecule has 0 amide bonds. The first-order valence-corrected chi connectivity index (χ1v) is 21.3. The third-order valence-electron chi connectivity index (χ3n) is 10.5. The Hall–Kier alpha value is -6.64. The first kappa shape index (κ1) is 69.1. The molecule has 47 heteroatoms. The highest BCUT2D eigenvalue weighted by Crippen LogP contribution is 2.57. The van der Waals surface area contributed by atoms with E-state index in [1.807, 2.05) is 0 Å². The van der Waals surface area contributed by atoms with Crippen LogP contribution < -0.4 is 18.9 Å². The molecule has 0 N–H and O–H groups in total. The van der Waals surface area contributed by atoms with Crippen LogP contribution in [0.4, 0.5) is 158 Å². The average molecular weight is 1330 g/mol. The number of benzene rings is 2. The third-order valence-corrected chi connectivity index (χ3v) is 11.7. The minimum atomic E-state index is -7.64. The Labute approximate surface area is 444 Å². The van der Waals surface area contributed by atoms with Crippen molar-refractivity contribution in [2.24, 2.45) is 0 Å². The normalized spacial score (nSPS) is 15.0. The van der Waals surface area contributed by atoms with E-state index < -0.39 is 180 Å². The molecule has 2 aromatic carbocycles. The molecule has 0 aliphatic heterocycles. The molecule has 478 valence electrons. The van der Waals surface area contributed by atoms with E-state index in [1.165, 1.54) is 0 Å². The summed E-state index contributed by atoms with van der Waals surface area (Å²) in [5, 5.41) is -0.902. The summed E-state index contributed by atoms with van der Waals surface area (Å²) >= 11 is 0.561. The fourth-order valence-corrected chi connectivity index (χ4v) is 6.93. The van der Waals surface area contributed by atoms with Crippen LogP contribution in [0.25, 0.3) is 42.9 Å². The topological polar surface area (TPSA) is 114 Å². The molecule has 0 bridgehead atoms. The molecule has 0 aliphatic rings. The van der Waals surface area contributed by atoms with Crippen LogP contribution in [-0.2, 0) is 0 Å². The van der Waals surface area contributed by atoms with Gasteiger partial charge in [0, 0.05) is 31.3 Å². The second-order valence-electron chi connectivity index (χ2n) is 16.5. The number of thiophene rings is 1. The van der Waals surface area contributed by atoms with Gasteiger partial charge in [0.05, 0.1) is 0 Å². The molecule has 3 aromatic heterocycles. The monoisotopic (exact) mass is 1330 g/mol. The van der Waals surface area contributed by atoms with Crippen LogP contribution in [0.5, 0.6) is 24.0 Å². The lowest BCUT2D eigenvalue weighted by Gasteiger charge is -2.33. The quantitative estimate of drug-likeness (QED) is 0.0621. The summed E-state index contributed by atoms with van der Waals surface area (Å²) in [6.45, 7) is -13.8. The number of halogens is 36. The number of nitrogens with zero attached hydrogens (tertiary/aromatic N) is 6. The summed E-state index contributed by atoms with van der Waals surface area (Å²) in [4.78, 5) is 17.7. The van der Waals surface area contributed by atoms with Gasteiger partial charge in [0.15, 0.2) is 38.1 Å². The minimum Gasteiger partial charge on any atom is -0.457 e. The van der Waals surface area contributed by atoms with E-state index in [2.05, 4.69) is 48.9 Å². The van der Waals surface area contributed by atoms with E-state index in [-0.39, 0.29) is 9.40 Å². The molecule has 0 atom stereocenters. The first-order valence-electron chi connectivity index (χ1n) is 20.5. The summed E-state index contributed by atoms with van der Waals surface area (Å²) in [6.07, 6.45) is -29.9. The molecule has 0 aliphatic carbocycles. The van der Waals surface area contributed by atoms with Crippen LogP contribution in [0.15, 0.2) is 36.4 Å². The summed E-state index contributed by atoms with van der Waals surface area (Å²) in [5.74, 6) is -90.6. The lowest BCUT2D eigenvalue weighted by molar-refractivity contribution is -0.398. The van der Waals surface area contributed by atoms with Gasteiger partial charge in [0.2, 0.25) is 0 Å². The molecule has 0 fully saturated rings. The second kappa shape index (κ2) is 21.1. The van der Waals surface area contributed by atoms with Gasteiger partial charge in [-0.15, -0.1) is 21.3 Å². The van der Waals surface area contributed by atoms with Crippen LogP contribution in [0.1, 0.15) is 0 Å². The van der Waals surface area contributed by atoms with Gasteiger partial charge in [-0.3, -0.25) is 0 Å². The smallest absolute Gasteiger partial charge is 0.457 e. The van der Waals surface area contributed by atoms with Crippen molar-refractivity contribution in [3.8, 4) is 46.8 Å². The van der Waals surface area contributed by atoms with Crippen LogP contribution in [0.2, 0.25) is 0 Å². The molecule has 5 rings (SSSR count). The fraction of sp³-hybridized carbons (Fsp3) is 0.526. The van der Waals surface area contributed by atoms with Gasteiger partial charge in [0.1, 0.15) is 0 Å². The lowest BCUT2D eigenvalue weighted by atomic mass is 10.0. The van der Waals surface area contributed by atoms with E-state index in [0.29, 0.717) is 35.6 Å². The summed E-state index contributed by atoms with van der Waals surface area (Å²) in [6, 6.07) is -4.65. The molecule has 0 radical (unpaired) electrons. The van der Waals surface area contributed by atoms with Crippen molar-refractivity contribution in [3.05, 3.63) is 36.4 Å². The highest BCUT2D eigenvalue weighted by atomic mass is 32.1. The number of alkyl halides is 36. The van der Waals surface area contributed by atoms with Gasteiger partial charge in [-0.1, -0.05) is 0 Å². The molecule has 0 saturated carbocycles. The van der Waals surface area contributed by atoms with Crippen molar-refractivity contribution in [1.82, 2.24) is 29.9 Å². The van der Waals surface area contributed by atoms with Crippen LogP contribution in [-0.4, -0.2) is 152 Å². The van der Waals surface area contributed by atoms with E-state index in [1.54, 1.807) is 0 Å². The van der Waals surface area contributed by atoms with Crippen molar-refractivity contribution >= 4 is 31.5 Å². The van der Waals surface area contributed by atoms with E-state index in [4.69, 9.17) is 0 Å². The van der Waals surface area contributed by atoms with Crippen molar-refractivity contribution in [2.45, 2.75) is 95.8 Å². The molecule has 3 heterocycles. The highest BCUT2D eigenvalue weighted by Gasteiger charge is 2.85. The van der Waals surface area contributed by atoms with Gasteiger partial charge in [-0.2, -0.15) is 178 Å². The van der Waals surface area contributed by atoms with Gasteiger partial charge < -0.3 is 18.9 Å². The molecule has 0 saturated heterocycles. The predicted molar refractivity (Wildman–Crippen MR) is 203 cm³/mol. The van der Waals surface area contributed by atoms with Crippen molar-refractivity contribution < 1.29 is 177 Å². The fourth-order valence-electron chi connectivity index (χ4n) is 5.86. The van der Waals surface area contributed by atoms with Gasteiger partial charge in [0.25, 0.3) is 0 Å². The second-order valence-corrected chi connectivity index (χ2v) is 17.6. The van der Waals surface area contributed by atoms with Gasteiger partial charge in [-0.05, 0) is 36.4 Å². The Kier molecular flexibility index (Phi) is 17.1. The Morgan fingerprint density at radius 3 is 0.659 bits per heavy atom. The van der Waals surface area contributed by atoms with Crippen LogP contribution >= 0.6 is 11.3 Å². The average Bonchev–Trinajstić information content (AvgIpc) is 1.87. The standard InChI is InChI=1S/C38H14F36N6O4S/c39-23(40,27(47,48)31(55,56)35(63,64)65)7-81-19-75-17(76-20(79-19)82-8-24(41,42)28(49,50)32(57,58)36(66,67)68)11-1-3-15-13(5-11)14-6-12(2-4-16(14)85-15)18-77-21(83-9-25(43,44)29(51,52)33(59,60)37(69,70)71)80-22(78-18)84-10-26(45,46)30(53,54)34(61,62)38(72,73)74/h1-6H,7-10H2. The van der Waals surface area contributed by atoms with E-state index >= 15 is 0 Å². The summed E-state index contributed by atoms with van der Waals surface area (Å²) in [5.41, 5.74) is -1.80. The van der Waals surface area contributed by atoms with Crippen molar-refractivity contribution in [1.29, 1.82) is 0 Å². The highest BCUT2D eigenvalue weighted by molar-refractivity contribution is 7.25. The Bertz CT molecular complexity index is 2890. The zero-order valence-corrected chi connectivity index (χ0v) is 39.4. The van der Waals surface area contributed by atoms with Crippen LogP contribution in [0.3, 0.4) is 0 Å². The zero-order chi connectivity index (χ0) is 65.8. The number of hydrogen-bond donors (Lipinski definition) is 0. The van der Waals surface area contributed by atoms with E-state index in [9.17, 15) is 158 Å². The van der Waals surface area contributed by atoms with Crippen molar-refractivity contribution in [3.63, 3.8) is 0 Å². The molecule has 85 heavy (non-hydrogen) atoms. The first-order chi connectivity index (χ1) is 37.7. The Morgan fingerprint density at radius 2 is 0.471 bits per heavy atom. The number of rotatable bonds is 22. The molecule has 10 nitrogen and oxygen atoms in total.